The lowest BCUT2D eigenvalue weighted by Gasteiger charge is -2.33. The van der Waals surface area contributed by atoms with E-state index in [4.69, 9.17) is 14.2 Å². The second kappa shape index (κ2) is 7.49. The van der Waals surface area contributed by atoms with Gasteiger partial charge in [-0.15, -0.1) is 0 Å². The smallest absolute Gasteiger partial charge is 0.433 e. The van der Waals surface area contributed by atoms with E-state index in [1.54, 1.807) is 57.2 Å². The van der Waals surface area contributed by atoms with Crippen molar-refractivity contribution < 1.29 is 27.4 Å². The van der Waals surface area contributed by atoms with Crippen LogP contribution in [0, 0.1) is 0 Å². The molecule has 1 atom stereocenters. The molecule has 9 nitrogen and oxygen atoms in total. The van der Waals surface area contributed by atoms with Crippen molar-refractivity contribution in [3.05, 3.63) is 53.6 Å². The number of ether oxygens (including phenoxy) is 3. The van der Waals surface area contributed by atoms with E-state index in [1.165, 1.54) is 20.3 Å². The number of hydrazone groups is 1. The Hall–Kier alpha value is -3.11. The Morgan fingerprint density at radius 1 is 1.09 bits per heavy atom. The van der Waals surface area contributed by atoms with E-state index in [1.807, 2.05) is 0 Å². The first-order valence-electron chi connectivity index (χ1n) is 9.97. The lowest BCUT2D eigenvalue weighted by molar-refractivity contribution is -0.0000494. The van der Waals surface area contributed by atoms with Crippen LogP contribution < -0.4 is 14.2 Å². The van der Waals surface area contributed by atoms with Crippen LogP contribution in [0.3, 0.4) is 0 Å². The summed E-state index contributed by atoms with van der Waals surface area (Å²) in [5, 5.41) is 5.62. The van der Waals surface area contributed by atoms with Gasteiger partial charge in [0.05, 0.1) is 24.8 Å². The molecule has 0 radical (unpaired) electrons. The molecule has 2 aliphatic heterocycles. The van der Waals surface area contributed by atoms with Gasteiger partial charge in [-0.1, -0.05) is 18.2 Å². The maximum atomic E-state index is 13.2. The molecular weight excluding hydrogens is 434 g/mol. The Morgan fingerprint density at radius 2 is 1.78 bits per heavy atom. The van der Waals surface area contributed by atoms with Crippen LogP contribution in [0.1, 0.15) is 38.3 Å². The molecule has 1 unspecified atom stereocenters. The zero-order valence-electron chi connectivity index (χ0n) is 18.5. The largest absolute Gasteiger partial charge is 0.493 e. The van der Waals surface area contributed by atoms with Crippen LogP contribution in [-0.2, 0) is 20.4 Å². The Kier molecular flexibility index (Phi) is 5.17. The van der Waals surface area contributed by atoms with Crippen LogP contribution in [0.2, 0.25) is 0 Å². The fraction of sp³-hybridized carbons (Fsp3) is 0.364. The molecule has 2 aromatic rings. The SMILES string of the molecule is COc1ccc(C2=NN(C(=O)OC(C)(C)C)C3(C2)NS(=O)(=O)c2ccccc23)cc1OC. The average Bonchev–Trinajstić information content (AvgIpc) is 3.22. The van der Waals surface area contributed by atoms with Crippen LogP contribution in [-0.4, -0.2) is 45.1 Å². The summed E-state index contributed by atoms with van der Waals surface area (Å²) in [5.41, 5.74) is -0.630. The standard InChI is InChI=1S/C22H25N3O6S/c1-21(2,3)31-20(26)25-22(15-8-6-7-9-19(15)32(27,28)24-22)13-16(23-25)14-10-11-17(29-4)18(12-14)30-5/h6-12,24H,13H2,1-5H3. The number of fused-ring (bicyclic) bond motifs is 2. The van der Waals surface area contributed by atoms with Gasteiger partial charge < -0.3 is 14.2 Å². The highest BCUT2D eigenvalue weighted by atomic mass is 32.2. The van der Waals surface area contributed by atoms with Crippen molar-refractivity contribution in [3.8, 4) is 11.5 Å². The van der Waals surface area contributed by atoms with E-state index in [9.17, 15) is 13.2 Å². The molecular formula is C22H25N3O6S. The number of rotatable bonds is 3. The summed E-state index contributed by atoms with van der Waals surface area (Å²) in [6.07, 6.45) is -0.648. The molecule has 1 amide bonds. The maximum Gasteiger partial charge on any atom is 0.433 e. The molecule has 0 fully saturated rings. The summed E-state index contributed by atoms with van der Waals surface area (Å²) in [7, 11) is -0.797. The Balaban J connectivity index is 1.85. The average molecular weight is 460 g/mol. The zero-order valence-corrected chi connectivity index (χ0v) is 19.3. The van der Waals surface area contributed by atoms with Crippen LogP contribution in [0.4, 0.5) is 4.79 Å². The minimum absolute atomic E-state index is 0.109. The lowest BCUT2D eigenvalue weighted by atomic mass is 9.92. The van der Waals surface area contributed by atoms with Crippen LogP contribution >= 0.6 is 0 Å². The van der Waals surface area contributed by atoms with Gasteiger partial charge in [-0.2, -0.15) is 14.8 Å². The van der Waals surface area contributed by atoms with Gasteiger partial charge in [-0.25, -0.2) is 13.2 Å². The first kappa shape index (κ1) is 22.1. The maximum absolute atomic E-state index is 13.2. The highest BCUT2D eigenvalue weighted by Crippen LogP contribution is 2.46. The summed E-state index contributed by atoms with van der Waals surface area (Å²) < 4.78 is 44.7. The monoisotopic (exact) mass is 459 g/mol. The van der Waals surface area contributed by atoms with E-state index in [2.05, 4.69) is 9.82 Å². The summed E-state index contributed by atoms with van der Waals surface area (Å²) in [5.74, 6) is 1.03. The van der Waals surface area contributed by atoms with Crippen molar-refractivity contribution in [3.63, 3.8) is 0 Å². The predicted octanol–water partition coefficient (Wildman–Crippen LogP) is 3.19. The van der Waals surface area contributed by atoms with Gasteiger partial charge in [0.1, 0.15) is 5.60 Å². The van der Waals surface area contributed by atoms with Gasteiger partial charge in [-0.05, 0) is 45.0 Å². The normalized spacial score (nSPS) is 21.3. The molecule has 0 aliphatic carbocycles. The van der Waals surface area contributed by atoms with Gasteiger partial charge in [-0.3, -0.25) is 0 Å². The van der Waals surface area contributed by atoms with Crippen molar-refractivity contribution in [1.29, 1.82) is 0 Å². The van der Waals surface area contributed by atoms with Gasteiger partial charge in [0.15, 0.2) is 17.2 Å². The molecule has 2 heterocycles. The van der Waals surface area contributed by atoms with Gasteiger partial charge in [0.25, 0.3) is 0 Å². The van der Waals surface area contributed by atoms with Gasteiger partial charge in [0.2, 0.25) is 10.0 Å². The Labute approximate surface area is 187 Å². The van der Waals surface area contributed by atoms with E-state index >= 15 is 0 Å². The third-order valence-corrected chi connectivity index (χ3v) is 6.76. The van der Waals surface area contributed by atoms with Gasteiger partial charge in [0, 0.05) is 17.5 Å². The zero-order chi connectivity index (χ0) is 23.3. The fourth-order valence-electron chi connectivity index (χ4n) is 3.90. The minimum atomic E-state index is -3.85. The number of nitrogens with one attached hydrogen (secondary N) is 1. The third-order valence-electron chi connectivity index (χ3n) is 5.21. The Morgan fingerprint density at radius 3 is 2.44 bits per heavy atom. The number of hydrogen-bond acceptors (Lipinski definition) is 7. The second-order valence-electron chi connectivity index (χ2n) is 8.55. The topological polar surface area (TPSA) is 107 Å². The predicted molar refractivity (Wildman–Crippen MR) is 117 cm³/mol. The molecule has 1 spiro atoms. The van der Waals surface area contributed by atoms with Gasteiger partial charge >= 0.3 is 6.09 Å². The van der Waals surface area contributed by atoms with Crippen LogP contribution in [0.25, 0.3) is 0 Å². The number of nitrogens with zero attached hydrogens (tertiary/aromatic N) is 2. The lowest BCUT2D eigenvalue weighted by Crippen LogP contribution is -2.52. The molecule has 0 saturated carbocycles. The summed E-state index contributed by atoms with van der Waals surface area (Å²) in [4.78, 5) is 13.3. The number of amides is 1. The van der Waals surface area contributed by atoms with Crippen molar-refractivity contribution in [1.82, 2.24) is 9.73 Å². The third kappa shape index (κ3) is 3.59. The highest BCUT2D eigenvalue weighted by molar-refractivity contribution is 7.89. The van der Waals surface area contributed by atoms with Crippen molar-refractivity contribution in [2.24, 2.45) is 5.10 Å². The van der Waals surface area contributed by atoms with E-state index < -0.39 is 27.4 Å². The second-order valence-corrected chi connectivity index (χ2v) is 10.2. The molecule has 2 aliphatic rings. The molecule has 0 saturated heterocycles. The molecule has 32 heavy (non-hydrogen) atoms. The summed E-state index contributed by atoms with van der Waals surface area (Å²) in [6, 6.07) is 11.8. The van der Waals surface area contributed by atoms with Crippen LogP contribution in [0.15, 0.2) is 52.5 Å². The molecule has 2 aromatic carbocycles. The first-order valence-corrected chi connectivity index (χ1v) is 11.5. The number of carbonyl (C=O) groups excluding carboxylic acids is 1. The summed E-state index contributed by atoms with van der Waals surface area (Å²) in [6.45, 7) is 5.21. The van der Waals surface area contributed by atoms with Crippen LogP contribution in [0.5, 0.6) is 11.5 Å². The molecule has 0 aromatic heterocycles. The molecule has 10 heteroatoms. The van der Waals surface area contributed by atoms with Crippen molar-refractivity contribution >= 4 is 21.8 Å². The highest BCUT2D eigenvalue weighted by Gasteiger charge is 2.57. The fourth-order valence-corrected chi connectivity index (χ4v) is 5.51. The number of methoxy groups -OCH3 is 2. The molecule has 0 bridgehead atoms. The number of sulfonamides is 1. The van der Waals surface area contributed by atoms with E-state index in [-0.39, 0.29) is 11.3 Å². The van der Waals surface area contributed by atoms with E-state index in [0.29, 0.717) is 28.3 Å². The molecule has 4 rings (SSSR count). The van der Waals surface area contributed by atoms with Crippen molar-refractivity contribution in [2.75, 3.05) is 14.2 Å². The number of carbonyl (C=O) groups is 1. The quantitative estimate of drug-likeness (QED) is 0.756. The molecule has 170 valence electrons. The van der Waals surface area contributed by atoms with Crippen molar-refractivity contribution in [2.45, 2.75) is 43.4 Å². The Bertz CT molecular complexity index is 1220. The number of benzene rings is 2. The van der Waals surface area contributed by atoms with E-state index in [0.717, 1.165) is 5.01 Å². The summed E-state index contributed by atoms with van der Waals surface area (Å²) >= 11 is 0. The number of hydrogen-bond donors (Lipinski definition) is 1. The molecule has 1 N–H and O–H groups in total. The first-order chi connectivity index (χ1) is 15.0. The minimum Gasteiger partial charge on any atom is -0.493 e.